The SMILES string of the molecule is CC(=O)NC1(CCl)CCOC1. The fourth-order valence-corrected chi connectivity index (χ4v) is 1.50. The fraction of sp³-hybridized carbons (Fsp3) is 0.857. The molecule has 0 aromatic rings. The van der Waals surface area contributed by atoms with Crippen LogP contribution in [-0.2, 0) is 9.53 Å². The van der Waals surface area contributed by atoms with Crippen molar-refractivity contribution >= 4 is 17.5 Å². The van der Waals surface area contributed by atoms with Crippen LogP contribution in [0.25, 0.3) is 0 Å². The molecular weight excluding hydrogens is 166 g/mol. The van der Waals surface area contributed by atoms with Crippen LogP contribution in [0.1, 0.15) is 13.3 Å². The van der Waals surface area contributed by atoms with Gasteiger partial charge in [0.25, 0.3) is 0 Å². The minimum Gasteiger partial charge on any atom is -0.379 e. The average Bonchev–Trinajstić information content (AvgIpc) is 2.36. The Morgan fingerprint density at radius 2 is 2.55 bits per heavy atom. The van der Waals surface area contributed by atoms with Gasteiger partial charge in [-0.1, -0.05) is 0 Å². The number of rotatable bonds is 2. The van der Waals surface area contributed by atoms with Gasteiger partial charge in [-0.3, -0.25) is 4.79 Å². The Hall–Kier alpha value is -0.280. The molecule has 1 saturated heterocycles. The zero-order chi connectivity index (χ0) is 8.32. The number of nitrogens with one attached hydrogen (secondary N) is 1. The zero-order valence-electron chi connectivity index (χ0n) is 6.52. The molecule has 3 nitrogen and oxygen atoms in total. The molecule has 1 aliphatic rings. The van der Waals surface area contributed by atoms with Crippen molar-refractivity contribution in [3.8, 4) is 0 Å². The molecule has 0 saturated carbocycles. The highest BCUT2D eigenvalue weighted by molar-refractivity contribution is 6.18. The average molecular weight is 178 g/mol. The third kappa shape index (κ3) is 2.07. The lowest BCUT2D eigenvalue weighted by atomic mass is 10.0. The second kappa shape index (κ2) is 3.41. The highest BCUT2D eigenvalue weighted by atomic mass is 35.5. The highest BCUT2D eigenvalue weighted by Crippen LogP contribution is 2.19. The molecule has 0 spiro atoms. The maximum Gasteiger partial charge on any atom is 0.217 e. The van der Waals surface area contributed by atoms with Crippen LogP contribution in [0.15, 0.2) is 0 Å². The summed E-state index contributed by atoms with van der Waals surface area (Å²) in [5, 5.41) is 2.81. The quantitative estimate of drug-likeness (QED) is 0.625. The van der Waals surface area contributed by atoms with Crippen molar-refractivity contribution in [1.29, 1.82) is 0 Å². The van der Waals surface area contributed by atoms with Crippen molar-refractivity contribution in [3.63, 3.8) is 0 Å². The molecule has 1 rings (SSSR count). The van der Waals surface area contributed by atoms with E-state index in [9.17, 15) is 4.79 Å². The smallest absolute Gasteiger partial charge is 0.217 e. The van der Waals surface area contributed by atoms with E-state index in [1.54, 1.807) is 0 Å². The first-order valence-electron chi connectivity index (χ1n) is 3.61. The van der Waals surface area contributed by atoms with Gasteiger partial charge in [-0.15, -0.1) is 11.6 Å². The van der Waals surface area contributed by atoms with Gasteiger partial charge in [0.05, 0.1) is 12.1 Å². The number of alkyl halides is 1. The Bertz CT molecular complexity index is 155. The van der Waals surface area contributed by atoms with Crippen LogP contribution in [0.5, 0.6) is 0 Å². The van der Waals surface area contributed by atoms with Crippen LogP contribution in [0.3, 0.4) is 0 Å². The Balaban J connectivity index is 2.52. The van der Waals surface area contributed by atoms with Crippen LogP contribution in [0, 0.1) is 0 Å². The van der Waals surface area contributed by atoms with Gasteiger partial charge >= 0.3 is 0 Å². The minimum absolute atomic E-state index is 0.0452. The molecule has 0 aromatic heterocycles. The Labute approximate surface area is 71.1 Å². The monoisotopic (exact) mass is 177 g/mol. The maximum atomic E-state index is 10.7. The molecule has 1 unspecified atom stereocenters. The molecule has 4 heteroatoms. The van der Waals surface area contributed by atoms with E-state index in [1.807, 2.05) is 0 Å². The summed E-state index contributed by atoms with van der Waals surface area (Å²) in [4.78, 5) is 10.7. The van der Waals surface area contributed by atoms with Crippen molar-refractivity contribution < 1.29 is 9.53 Å². The lowest BCUT2D eigenvalue weighted by molar-refractivity contribution is -0.120. The number of ether oxygens (including phenoxy) is 1. The van der Waals surface area contributed by atoms with Gasteiger partial charge in [0.15, 0.2) is 0 Å². The van der Waals surface area contributed by atoms with E-state index in [4.69, 9.17) is 16.3 Å². The van der Waals surface area contributed by atoms with Gasteiger partial charge in [0.2, 0.25) is 5.91 Å². The molecule has 1 heterocycles. The van der Waals surface area contributed by atoms with E-state index in [0.29, 0.717) is 19.1 Å². The third-order valence-corrected chi connectivity index (χ3v) is 2.31. The first-order valence-corrected chi connectivity index (χ1v) is 4.14. The molecule has 64 valence electrons. The molecule has 1 fully saturated rings. The summed E-state index contributed by atoms with van der Waals surface area (Å²) in [6.07, 6.45) is 0.816. The van der Waals surface area contributed by atoms with Gasteiger partial charge in [-0.2, -0.15) is 0 Å². The molecular formula is C7H12ClNO2. The van der Waals surface area contributed by atoms with E-state index in [-0.39, 0.29) is 11.4 Å². The van der Waals surface area contributed by atoms with Crippen molar-refractivity contribution in [2.24, 2.45) is 0 Å². The van der Waals surface area contributed by atoms with Crippen molar-refractivity contribution in [2.75, 3.05) is 19.1 Å². The lowest BCUT2D eigenvalue weighted by Crippen LogP contribution is -2.49. The number of carbonyl (C=O) groups excluding carboxylic acids is 1. The summed E-state index contributed by atoms with van der Waals surface area (Å²) in [5.74, 6) is 0.378. The second-order valence-corrected chi connectivity index (χ2v) is 3.16. The van der Waals surface area contributed by atoms with E-state index in [0.717, 1.165) is 6.42 Å². The summed E-state index contributed by atoms with van der Waals surface area (Å²) in [6, 6.07) is 0. The van der Waals surface area contributed by atoms with E-state index in [1.165, 1.54) is 6.92 Å². The first kappa shape index (κ1) is 8.81. The predicted molar refractivity (Wildman–Crippen MR) is 42.7 cm³/mol. The maximum absolute atomic E-state index is 10.7. The summed E-state index contributed by atoms with van der Waals surface area (Å²) in [5.41, 5.74) is -0.298. The van der Waals surface area contributed by atoms with E-state index >= 15 is 0 Å². The van der Waals surface area contributed by atoms with Gasteiger partial charge in [0.1, 0.15) is 0 Å². The second-order valence-electron chi connectivity index (χ2n) is 2.90. The Morgan fingerprint density at radius 3 is 2.91 bits per heavy atom. The number of carbonyl (C=O) groups is 1. The molecule has 1 N–H and O–H groups in total. The standard InChI is InChI=1S/C7H12ClNO2/c1-6(10)9-7(4-8)2-3-11-5-7/h2-5H2,1H3,(H,9,10). The highest BCUT2D eigenvalue weighted by Gasteiger charge is 2.34. The van der Waals surface area contributed by atoms with Crippen molar-refractivity contribution in [3.05, 3.63) is 0 Å². The van der Waals surface area contributed by atoms with Crippen molar-refractivity contribution in [1.82, 2.24) is 5.32 Å². The lowest BCUT2D eigenvalue weighted by Gasteiger charge is -2.24. The molecule has 0 radical (unpaired) electrons. The number of hydrogen-bond acceptors (Lipinski definition) is 2. The molecule has 0 bridgehead atoms. The normalized spacial score (nSPS) is 30.4. The van der Waals surface area contributed by atoms with Gasteiger partial charge in [0, 0.05) is 19.4 Å². The van der Waals surface area contributed by atoms with E-state index < -0.39 is 0 Å². The van der Waals surface area contributed by atoms with Crippen LogP contribution in [-0.4, -0.2) is 30.5 Å². The van der Waals surface area contributed by atoms with Gasteiger partial charge in [-0.25, -0.2) is 0 Å². The molecule has 11 heavy (non-hydrogen) atoms. The van der Waals surface area contributed by atoms with Crippen LogP contribution in [0.2, 0.25) is 0 Å². The van der Waals surface area contributed by atoms with Crippen LogP contribution >= 0.6 is 11.6 Å². The minimum atomic E-state index is -0.298. The number of halogens is 1. The van der Waals surface area contributed by atoms with Crippen molar-refractivity contribution in [2.45, 2.75) is 18.9 Å². The summed E-state index contributed by atoms with van der Waals surface area (Å²) < 4.78 is 5.15. The van der Waals surface area contributed by atoms with Gasteiger partial charge in [-0.05, 0) is 6.42 Å². The summed E-state index contributed by atoms with van der Waals surface area (Å²) in [6.45, 7) is 2.72. The number of amides is 1. The van der Waals surface area contributed by atoms with Crippen LogP contribution < -0.4 is 5.32 Å². The zero-order valence-corrected chi connectivity index (χ0v) is 7.28. The Kier molecular flexibility index (Phi) is 2.73. The third-order valence-electron chi connectivity index (χ3n) is 1.80. The fourth-order valence-electron chi connectivity index (χ4n) is 1.22. The molecule has 1 atom stereocenters. The predicted octanol–water partition coefficient (Wildman–Crippen LogP) is 0.520. The Morgan fingerprint density at radius 1 is 1.82 bits per heavy atom. The topological polar surface area (TPSA) is 38.3 Å². The molecule has 1 aliphatic heterocycles. The summed E-state index contributed by atoms with van der Waals surface area (Å²) >= 11 is 5.71. The van der Waals surface area contributed by atoms with Crippen LogP contribution in [0.4, 0.5) is 0 Å². The first-order chi connectivity index (χ1) is 5.18. The van der Waals surface area contributed by atoms with Gasteiger partial charge < -0.3 is 10.1 Å². The molecule has 0 aliphatic carbocycles. The largest absolute Gasteiger partial charge is 0.379 e. The molecule has 1 amide bonds. The summed E-state index contributed by atoms with van der Waals surface area (Å²) in [7, 11) is 0. The number of hydrogen-bond donors (Lipinski definition) is 1. The molecule has 0 aromatic carbocycles. The van der Waals surface area contributed by atoms with E-state index in [2.05, 4.69) is 5.32 Å².